The Morgan fingerprint density at radius 1 is 1.55 bits per heavy atom. The lowest BCUT2D eigenvalue weighted by atomic mass is 9.99. The van der Waals surface area contributed by atoms with Crippen LogP contribution >= 0.6 is 0 Å². The van der Waals surface area contributed by atoms with Crippen molar-refractivity contribution in [2.45, 2.75) is 38.2 Å². The number of fused-ring (bicyclic) bond motifs is 1. The molecular formula is C16H21N3O3. The van der Waals surface area contributed by atoms with Crippen molar-refractivity contribution in [2.24, 2.45) is 0 Å². The molecule has 0 spiro atoms. The fourth-order valence-corrected chi connectivity index (χ4v) is 2.83. The highest BCUT2D eigenvalue weighted by molar-refractivity contribution is 5.77. The molecule has 0 aliphatic carbocycles. The van der Waals surface area contributed by atoms with Crippen molar-refractivity contribution in [3.63, 3.8) is 0 Å². The fourth-order valence-electron chi connectivity index (χ4n) is 2.83. The van der Waals surface area contributed by atoms with Gasteiger partial charge in [-0.1, -0.05) is 6.92 Å². The van der Waals surface area contributed by atoms with Crippen LogP contribution in [0, 0.1) is 0 Å². The van der Waals surface area contributed by atoms with Crippen LogP contribution < -0.4 is 10.1 Å². The molecule has 2 unspecified atom stereocenters. The number of imidazole rings is 1. The summed E-state index contributed by atoms with van der Waals surface area (Å²) in [6, 6.07) is 5.47. The molecule has 2 heterocycles. The number of ether oxygens (including phenoxy) is 1. The van der Waals surface area contributed by atoms with E-state index in [0.29, 0.717) is 18.1 Å². The molecule has 22 heavy (non-hydrogen) atoms. The van der Waals surface area contributed by atoms with Gasteiger partial charge in [0.2, 0.25) is 0 Å². The number of nitrogens with one attached hydrogen (secondary N) is 2. The number of rotatable bonds is 5. The van der Waals surface area contributed by atoms with Crippen molar-refractivity contribution in [2.75, 3.05) is 13.1 Å². The lowest BCUT2D eigenvalue weighted by Gasteiger charge is -2.20. The number of hydrogen-bond acceptors (Lipinski definition) is 4. The molecule has 1 aromatic carbocycles. The number of hydrogen-bond donors (Lipinski definition) is 3. The van der Waals surface area contributed by atoms with Crippen LogP contribution in [0.4, 0.5) is 0 Å². The Morgan fingerprint density at radius 2 is 2.41 bits per heavy atom. The van der Waals surface area contributed by atoms with Gasteiger partial charge in [0.15, 0.2) is 6.10 Å². The van der Waals surface area contributed by atoms with Crippen molar-refractivity contribution >= 4 is 17.0 Å². The molecule has 118 valence electrons. The SMILES string of the molecule is CCC(Oc1ccc2nc(C3CCCNC3)[nH]c2c1)C(=O)O. The Kier molecular flexibility index (Phi) is 4.29. The second-order valence-corrected chi connectivity index (χ2v) is 5.70. The highest BCUT2D eigenvalue weighted by atomic mass is 16.5. The molecule has 0 bridgehead atoms. The minimum atomic E-state index is -0.943. The van der Waals surface area contributed by atoms with Crippen LogP contribution in [0.1, 0.15) is 37.9 Å². The Bertz CT molecular complexity index is 662. The van der Waals surface area contributed by atoms with E-state index in [2.05, 4.69) is 15.3 Å². The van der Waals surface area contributed by atoms with Gasteiger partial charge in [-0.15, -0.1) is 0 Å². The van der Waals surface area contributed by atoms with E-state index < -0.39 is 12.1 Å². The first-order valence-corrected chi connectivity index (χ1v) is 7.77. The maximum atomic E-state index is 11.1. The Morgan fingerprint density at radius 3 is 3.09 bits per heavy atom. The van der Waals surface area contributed by atoms with E-state index in [4.69, 9.17) is 9.84 Å². The average Bonchev–Trinajstić information content (AvgIpc) is 2.96. The minimum Gasteiger partial charge on any atom is -0.479 e. The van der Waals surface area contributed by atoms with Crippen LogP contribution in [0.3, 0.4) is 0 Å². The van der Waals surface area contributed by atoms with Crippen LogP contribution in [-0.4, -0.2) is 40.2 Å². The number of piperidine rings is 1. The van der Waals surface area contributed by atoms with Crippen molar-refractivity contribution in [1.29, 1.82) is 0 Å². The lowest BCUT2D eigenvalue weighted by Crippen LogP contribution is -2.28. The van der Waals surface area contributed by atoms with Gasteiger partial charge in [-0.2, -0.15) is 0 Å². The molecule has 6 nitrogen and oxygen atoms in total. The van der Waals surface area contributed by atoms with E-state index in [-0.39, 0.29) is 0 Å². The molecule has 3 rings (SSSR count). The summed E-state index contributed by atoms with van der Waals surface area (Å²) in [4.78, 5) is 19.0. The Balaban J connectivity index is 1.82. The molecule has 0 radical (unpaired) electrons. The van der Waals surface area contributed by atoms with E-state index in [1.807, 2.05) is 12.1 Å². The molecule has 0 saturated carbocycles. The Labute approximate surface area is 128 Å². The summed E-state index contributed by atoms with van der Waals surface area (Å²) in [5.74, 6) is 1.01. The normalized spacial score (nSPS) is 20.0. The van der Waals surface area contributed by atoms with Crippen molar-refractivity contribution < 1.29 is 14.6 Å². The van der Waals surface area contributed by atoms with Gasteiger partial charge in [-0.05, 0) is 37.9 Å². The van der Waals surface area contributed by atoms with Crippen molar-refractivity contribution in [1.82, 2.24) is 15.3 Å². The highest BCUT2D eigenvalue weighted by Gasteiger charge is 2.20. The largest absolute Gasteiger partial charge is 0.479 e. The van der Waals surface area contributed by atoms with E-state index in [0.717, 1.165) is 42.8 Å². The van der Waals surface area contributed by atoms with Crippen LogP contribution in [0.15, 0.2) is 18.2 Å². The second kappa shape index (κ2) is 6.36. The molecular weight excluding hydrogens is 282 g/mol. The number of H-pyrrole nitrogens is 1. The maximum Gasteiger partial charge on any atom is 0.344 e. The average molecular weight is 303 g/mol. The van der Waals surface area contributed by atoms with Crippen LogP contribution in [0.25, 0.3) is 11.0 Å². The molecule has 2 atom stereocenters. The maximum absolute atomic E-state index is 11.1. The standard InChI is InChI=1S/C16H21N3O3/c1-2-14(16(20)21)22-11-5-6-12-13(8-11)19-15(18-12)10-4-3-7-17-9-10/h5-6,8,10,14,17H,2-4,7,9H2,1H3,(H,18,19)(H,20,21). The summed E-state index contributed by atoms with van der Waals surface area (Å²) < 4.78 is 5.53. The zero-order valence-electron chi connectivity index (χ0n) is 12.6. The van der Waals surface area contributed by atoms with Gasteiger partial charge in [-0.3, -0.25) is 0 Å². The molecule has 0 amide bonds. The summed E-state index contributed by atoms with van der Waals surface area (Å²) in [5.41, 5.74) is 1.77. The van der Waals surface area contributed by atoms with E-state index in [1.54, 1.807) is 13.0 Å². The van der Waals surface area contributed by atoms with Gasteiger partial charge >= 0.3 is 5.97 Å². The molecule has 6 heteroatoms. The van der Waals surface area contributed by atoms with E-state index in [9.17, 15) is 4.79 Å². The number of carbonyl (C=O) groups is 1. The van der Waals surface area contributed by atoms with Crippen LogP contribution in [0.5, 0.6) is 5.75 Å². The molecule has 1 saturated heterocycles. The quantitative estimate of drug-likeness (QED) is 0.788. The number of carboxylic acid groups (broad SMARTS) is 1. The molecule has 1 aliphatic heterocycles. The van der Waals surface area contributed by atoms with Crippen molar-refractivity contribution in [3.05, 3.63) is 24.0 Å². The number of carboxylic acids is 1. The minimum absolute atomic E-state index is 0.410. The Hall–Kier alpha value is -2.08. The monoisotopic (exact) mass is 303 g/mol. The number of aromatic nitrogens is 2. The lowest BCUT2D eigenvalue weighted by molar-refractivity contribution is -0.145. The molecule has 1 aromatic heterocycles. The predicted molar refractivity (Wildman–Crippen MR) is 83.3 cm³/mol. The number of nitrogens with zero attached hydrogens (tertiary/aromatic N) is 1. The first kappa shape index (κ1) is 14.8. The van der Waals surface area contributed by atoms with E-state index >= 15 is 0 Å². The number of aliphatic carboxylic acids is 1. The number of aromatic amines is 1. The second-order valence-electron chi connectivity index (χ2n) is 5.70. The summed E-state index contributed by atoms with van der Waals surface area (Å²) in [6.07, 6.45) is 1.90. The first-order chi connectivity index (χ1) is 10.7. The topological polar surface area (TPSA) is 87.2 Å². The summed E-state index contributed by atoms with van der Waals surface area (Å²) in [7, 11) is 0. The summed E-state index contributed by atoms with van der Waals surface area (Å²) in [5, 5.41) is 12.5. The molecule has 2 aromatic rings. The molecule has 1 aliphatic rings. The van der Waals surface area contributed by atoms with Gasteiger partial charge in [0, 0.05) is 18.5 Å². The van der Waals surface area contributed by atoms with Gasteiger partial charge in [0.05, 0.1) is 11.0 Å². The van der Waals surface area contributed by atoms with Gasteiger partial charge < -0.3 is 20.1 Å². The molecule has 3 N–H and O–H groups in total. The van der Waals surface area contributed by atoms with Gasteiger partial charge in [-0.25, -0.2) is 9.78 Å². The first-order valence-electron chi connectivity index (χ1n) is 7.77. The highest BCUT2D eigenvalue weighted by Crippen LogP contribution is 2.26. The molecule has 1 fully saturated rings. The van der Waals surface area contributed by atoms with Gasteiger partial charge in [0.25, 0.3) is 0 Å². The predicted octanol–water partition coefficient (Wildman–Crippen LogP) is 2.27. The zero-order valence-corrected chi connectivity index (χ0v) is 12.6. The summed E-state index contributed by atoms with van der Waals surface area (Å²) >= 11 is 0. The third kappa shape index (κ3) is 3.06. The third-order valence-corrected chi connectivity index (χ3v) is 4.08. The van der Waals surface area contributed by atoms with Crippen molar-refractivity contribution in [3.8, 4) is 5.75 Å². The van der Waals surface area contributed by atoms with Gasteiger partial charge in [0.1, 0.15) is 11.6 Å². The smallest absolute Gasteiger partial charge is 0.344 e. The zero-order chi connectivity index (χ0) is 15.5. The van der Waals surface area contributed by atoms with E-state index in [1.165, 1.54) is 0 Å². The van der Waals surface area contributed by atoms with Crippen LogP contribution in [-0.2, 0) is 4.79 Å². The van der Waals surface area contributed by atoms with Crippen LogP contribution in [0.2, 0.25) is 0 Å². The fraction of sp³-hybridized carbons (Fsp3) is 0.500. The summed E-state index contributed by atoms with van der Waals surface area (Å²) in [6.45, 7) is 3.81. The number of benzene rings is 1. The third-order valence-electron chi connectivity index (χ3n) is 4.08.